The maximum atomic E-state index is 3.62. The SMILES string of the molecule is CNC(c1cc(Br)ccc1C)C1CC2CCC1C2. The summed E-state index contributed by atoms with van der Waals surface area (Å²) in [6.45, 7) is 2.24. The van der Waals surface area contributed by atoms with Crippen LogP contribution in [0, 0.1) is 24.7 Å². The van der Waals surface area contributed by atoms with E-state index in [2.05, 4.69) is 53.4 Å². The summed E-state index contributed by atoms with van der Waals surface area (Å²) in [6.07, 6.45) is 5.85. The highest BCUT2D eigenvalue weighted by molar-refractivity contribution is 9.10. The number of nitrogens with one attached hydrogen (secondary N) is 1. The van der Waals surface area contributed by atoms with Gasteiger partial charge in [0.25, 0.3) is 0 Å². The molecule has 98 valence electrons. The van der Waals surface area contributed by atoms with Gasteiger partial charge in [-0.05, 0) is 74.2 Å². The van der Waals surface area contributed by atoms with E-state index in [0.29, 0.717) is 6.04 Å². The number of fused-ring (bicyclic) bond motifs is 2. The molecule has 4 atom stereocenters. The summed E-state index contributed by atoms with van der Waals surface area (Å²) in [5.74, 6) is 2.83. The van der Waals surface area contributed by atoms with E-state index in [1.807, 2.05) is 0 Å². The average molecular weight is 308 g/mol. The first-order valence-electron chi connectivity index (χ1n) is 7.12. The summed E-state index contributed by atoms with van der Waals surface area (Å²) in [5, 5.41) is 3.59. The van der Waals surface area contributed by atoms with Gasteiger partial charge in [0.1, 0.15) is 0 Å². The van der Waals surface area contributed by atoms with Crippen molar-refractivity contribution in [3.8, 4) is 0 Å². The molecule has 0 aromatic heterocycles. The molecule has 18 heavy (non-hydrogen) atoms. The molecule has 2 aliphatic carbocycles. The molecule has 0 radical (unpaired) electrons. The molecule has 1 N–H and O–H groups in total. The second-order valence-corrected chi connectivity index (χ2v) is 7.02. The molecule has 1 aromatic carbocycles. The fraction of sp³-hybridized carbons (Fsp3) is 0.625. The number of hydrogen-bond acceptors (Lipinski definition) is 1. The molecular formula is C16H22BrN. The summed E-state index contributed by atoms with van der Waals surface area (Å²) >= 11 is 3.62. The van der Waals surface area contributed by atoms with Gasteiger partial charge in [-0.1, -0.05) is 28.4 Å². The first-order chi connectivity index (χ1) is 8.69. The Kier molecular flexibility index (Phi) is 3.50. The van der Waals surface area contributed by atoms with Crippen LogP contribution in [0.2, 0.25) is 0 Å². The van der Waals surface area contributed by atoms with Gasteiger partial charge in [-0.2, -0.15) is 0 Å². The lowest BCUT2D eigenvalue weighted by atomic mass is 9.79. The summed E-state index contributed by atoms with van der Waals surface area (Å²) in [6, 6.07) is 7.23. The highest BCUT2D eigenvalue weighted by atomic mass is 79.9. The standard InChI is InChI=1S/C16H22BrN/c1-10-3-6-13(17)9-14(10)16(18-2)15-8-11-4-5-12(15)7-11/h3,6,9,11-12,15-16,18H,4-5,7-8H2,1-2H3. The highest BCUT2D eigenvalue weighted by Gasteiger charge is 2.43. The predicted octanol–water partition coefficient (Wildman–Crippen LogP) is 4.45. The molecule has 0 amide bonds. The minimum Gasteiger partial charge on any atom is -0.313 e. The fourth-order valence-corrected chi connectivity index (χ4v) is 4.63. The molecule has 2 aliphatic rings. The molecule has 4 unspecified atom stereocenters. The second-order valence-electron chi connectivity index (χ2n) is 6.11. The van der Waals surface area contributed by atoms with E-state index in [1.165, 1.54) is 41.3 Å². The Morgan fingerprint density at radius 1 is 1.28 bits per heavy atom. The number of hydrogen-bond donors (Lipinski definition) is 1. The van der Waals surface area contributed by atoms with Gasteiger partial charge in [0.2, 0.25) is 0 Å². The number of aryl methyl sites for hydroxylation is 1. The van der Waals surface area contributed by atoms with Crippen molar-refractivity contribution in [2.45, 2.75) is 38.6 Å². The van der Waals surface area contributed by atoms with Gasteiger partial charge >= 0.3 is 0 Å². The van der Waals surface area contributed by atoms with Gasteiger partial charge in [-0.15, -0.1) is 0 Å². The third-order valence-electron chi connectivity index (χ3n) is 5.11. The smallest absolute Gasteiger partial charge is 0.0351 e. The van der Waals surface area contributed by atoms with Crippen molar-refractivity contribution >= 4 is 15.9 Å². The van der Waals surface area contributed by atoms with Crippen molar-refractivity contribution in [3.05, 3.63) is 33.8 Å². The van der Waals surface area contributed by atoms with Crippen LogP contribution in [-0.2, 0) is 0 Å². The Labute approximate surface area is 118 Å². The predicted molar refractivity (Wildman–Crippen MR) is 79.6 cm³/mol. The van der Waals surface area contributed by atoms with E-state index in [9.17, 15) is 0 Å². The van der Waals surface area contributed by atoms with Crippen LogP contribution in [-0.4, -0.2) is 7.05 Å². The van der Waals surface area contributed by atoms with Crippen LogP contribution in [0.3, 0.4) is 0 Å². The van der Waals surface area contributed by atoms with Crippen LogP contribution < -0.4 is 5.32 Å². The van der Waals surface area contributed by atoms with Gasteiger partial charge in [-0.3, -0.25) is 0 Å². The van der Waals surface area contributed by atoms with Crippen molar-refractivity contribution in [1.29, 1.82) is 0 Å². The Balaban J connectivity index is 1.90. The first-order valence-corrected chi connectivity index (χ1v) is 7.91. The molecule has 2 fully saturated rings. The zero-order valence-electron chi connectivity index (χ0n) is 11.2. The normalized spacial score (nSPS) is 31.8. The van der Waals surface area contributed by atoms with Crippen molar-refractivity contribution < 1.29 is 0 Å². The van der Waals surface area contributed by atoms with Gasteiger partial charge in [0.15, 0.2) is 0 Å². The van der Waals surface area contributed by atoms with E-state index >= 15 is 0 Å². The van der Waals surface area contributed by atoms with E-state index in [-0.39, 0.29) is 0 Å². The molecule has 3 rings (SSSR count). The summed E-state index contributed by atoms with van der Waals surface area (Å²) in [4.78, 5) is 0. The minimum atomic E-state index is 0.540. The molecule has 1 aromatic rings. The van der Waals surface area contributed by atoms with Crippen molar-refractivity contribution in [2.24, 2.45) is 17.8 Å². The zero-order chi connectivity index (χ0) is 12.7. The Bertz CT molecular complexity index is 443. The number of halogens is 1. The summed E-state index contributed by atoms with van der Waals surface area (Å²) in [7, 11) is 2.12. The monoisotopic (exact) mass is 307 g/mol. The van der Waals surface area contributed by atoms with Crippen LogP contribution in [0.1, 0.15) is 42.9 Å². The molecule has 2 bridgehead atoms. The van der Waals surface area contributed by atoms with Crippen molar-refractivity contribution in [1.82, 2.24) is 5.32 Å². The summed E-state index contributed by atoms with van der Waals surface area (Å²) < 4.78 is 1.20. The molecule has 0 aliphatic heterocycles. The Morgan fingerprint density at radius 2 is 2.11 bits per heavy atom. The van der Waals surface area contributed by atoms with Crippen LogP contribution in [0.5, 0.6) is 0 Å². The Morgan fingerprint density at radius 3 is 2.72 bits per heavy atom. The molecule has 2 heteroatoms. The van der Waals surface area contributed by atoms with Crippen LogP contribution in [0.15, 0.2) is 22.7 Å². The van der Waals surface area contributed by atoms with Crippen LogP contribution >= 0.6 is 15.9 Å². The van der Waals surface area contributed by atoms with Gasteiger partial charge < -0.3 is 5.32 Å². The highest BCUT2D eigenvalue weighted by Crippen LogP contribution is 2.52. The zero-order valence-corrected chi connectivity index (χ0v) is 12.8. The van der Waals surface area contributed by atoms with Gasteiger partial charge in [-0.25, -0.2) is 0 Å². The fourth-order valence-electron chi connectivity index (χ4n) is 4.25. The number of benzene rings is 1. The molecular weight excluding hydrogens is 286 g/mol. The van der Waals surface area contributed by atoms with Crippen molar-refractivity contribution in [3.63, 3.8) is 0 Å². The first kappa shape index (κ1) is 12.7. The lowest BCUT2D eigenvalue weighted by Crippen LogP contribution is -2.29. The van der Waals surface area contributed by atoms with E-state index in [0.717, 1.165) is 17.8 Å². The van der Waals surface area contributed by atoms with Crippen molar-refractivity contribution in [2.75, 3.05) is 7.05 Å². The Hall–Kier alpha value is -0.340. The molecule has 0 spiro atoms. The number of rotatable bonds is 3. The molecule has 2 saturated carbocycles. The van der Waals surface area contributed by atoms with Gasteiger partial charge in [0, 0.05) is 10.5 Å². The summed E-state index contributed by atoms with van der Waals surface area (Å²) in [5.41, 5.74) is 2.91. The largest absolute Gasteiger partial charge is 0.313 e. The third-order valence-corrected chi connectivity index (χ3v) is 5.60. The van der Waals surface area contributed by atoms with E-state index in [4.69, 9.17) is 0 Å². The van der Waals surface area contributed by atoms with Gasteiger partial charge in [0.05, 0.1) is 0 Å². The van der Waals surface area contributed by atoms with Crippen LogP contribution in [0.4, 0.5) is 0 Å². The molecule has 1 nitrogen and oxygen atoms in total. The lowest BCUT2D eigenvalue weighted by Gasteiger charge is -2.31. The maximum absolute atomic E-state index is 3.62. The second kappa shape index (κ2) is 4.97. The van der Waals surface area contributed by atoms with E-state index < -0.39 is 0 Å². The average Bonchev–Trinajstić information content (AvgIpc) is 2.97. The minimum absolute atomic E-state index is 0.540. The van der Waals surface area contributed by atoms with Crippen LogP contribution in [0.25, 0.3) is 0 Å². The molecule has 0 saturated heterocycles. The topological polar surface area (TPSA) is 12.0 Å². The third kappa shape index (κ3) is 2.14. The quantitative estimate of drug-likeness (QED) is 0.869. The maximum Gasteiger partial charge on any atom is 0.0351 e. The van der Waals surface area contributed by atoms with E-state index in [1.54, 1.807) is 0 Å². The lowest BCUT2D eigenvalue weighted by molar-refractivity contribution is 0.259. The molecule has 0 heterocycles.